The Kier molecular flexibility index (Phi) is 6.95. The third-order valence-corrected chi connectivity index (χ3v) is 5.21. The summed E-state index contributed by atoms with van der Waals surface area (Å²) < 4.78 is 75.2. The number of ether oxygens (including phenoxy) is 1. The number of H-pyrrole nitrogens is 1. The van der Waals surface area contributed by atoms with Crippen molar-refractivity contribution in [3.63, 3.8) is 0 Å². The first-order valence-corrected chi connectivity index (χ1v) is 10.4. The van der Waals surface area contributed by atoms with Gasteiger partial charge in [0.05, 0.1) is 24.4 Å². The van der Waals surface area contributed by atoms with E-state index in [9.17, 15) is 26.7 Å². The molecule has 1 fully saturated rings. The zero-order chi connectivity index (χ0) is 25.2. The maximum absolute atomic E-state index is 13.1. The Bertz CT molecular complexity index is 1190. The molecular weight excluding hydrogens is 481 g/mol. The van der Waals surface area contributed by atoms with E-state index in [0.29, 0.717) is 24.7 Å². The smallest absolute Gasteiger partial charge is 0.378 e. The Labute approximate surface area is 194 Å². The molecule has 0 aromatic carbocycles. The number of pyridine rings is 1. The van der Waals surface area contributed by atoms with E-state index in [1.165, 1.54) is 12.1 Å². The van der Waals surface area contributed by atoms with E-state index in [1.807, 2.05) is 4.90 Å². The van der Waals surface area contributed by atoms with Gasteiger partial charge in [0.1, 0.15) is 18.0 Å². The summed E-state index contributed by atoms with van der Waals surface area (Å²) in [7, 11) is 0. The first kappa shape index (κ1) is 24.5. The summed E-state index contributed by atoms with van der Waals surface area (Å²) in [6.07, 6.45) is -5.39. The standard InChI is InChI=1S/C20H20F5N7O3/c1-10(28-13-5-27-30-19(33)16(13)20(23,24)25)8-34-9-15-29-18(31-35-15)12-6-32(7-12)14-3-2-11(4-26-14)17(21)22/h2-5,10,12,17H,6-9H2,1H3,(H2,28,30,33). The van der Waals surface area contributed by atoms with Crippen molar-refractivity contribution in [2.75, 3.05) is 29.9 Å². The summed E-state index contributed by atoms with van der Waals surface area (Å²) in [6.45, 7) is 2.57. The summed E-state index contributed by atoms with van der Waals surface area (Å²) >= 11 is 0. The SMILES string of the molecule is CC(COCc1nc(C2CN(c3ccc(C(F)F)cn3)C2)no1)Nc1cn[nH]c(=O)c1C(F)(F)F. The molecule has 0 spiro atoms. The number of nitrogens with one attached hydrogen (secondary N) is 2. The summed E-state index contributed by atoms with van der Waals surface area (Å²) in [5.74, 6) is 1.19. The third kappa shape index (κ3) is 5.72. The molecule has 1 aliphatic heterocycles. The van der Waals surface area contributed by atoms with Gasteiger partial charge in [-0.1, -0.05) is 5.16 Å². The summed E-state index contributed by atoms with van der Waals surface area (Å²) in [5.41, 5.74) is -3.31. The van der Waals surface area contributed by atoms with E-state index >= 15 is 0 Å². The fourth-order valence-corrected chi connectivity index (χ4v) is 3.45. The van der Waals surface area contributed by atoms with Crippen LogP contribution >= 0.6 is 0 Å². The fourth-order valence-electron chi connectivity index (χ4n) is 3.45. The van der Waals surface area contributed by atoms with Crippen LogP contribution in [0, 0.1) is 0 Å². The Morgan fingerprint density at radius 3 is 2.71 bits per heavy atom. The lowest BCUT2D eigenvalue weighted by Crippen LogP contribution is -2.46. The van der Waals surface area contributed by atoms with Gasteiger partial charge in [-0.2, -0.15) is 23.3 Å². The van der Waals surface area contributed by atoms with Crippen molar-refractivity contribution in [2.45, 2.75) is 38.1 Å². The minimum Gasteiger partial charge on any atom is -0.378 e. The molecule has 1 atom stereocenters. The molecule has 10 nitrogen and oxygen atoms in total. The monoisotopic (exact) mass is 501 g/mol. The molecule has 3 aromatic heterocycles. The highest BCUT2D eigenvalue weighted by Gasteiger charge is 2.37. The number of aromatic amines is 1. The molecule has 0 radical (unpaired) electrons. The largest absolute Gasteiger partial charge is 0.423 e. The maximum Gasteiger partial charge on any atom is 0.423 e. The minimum absolute atomic E-state index is 0.0146. The predicted molar refractivity (Wildman–Crippen MR) is 111 cm³/mol. The number of hydrogen-bond donors (Lipinski definition) is 2. The molecule has 0 amide bonds. The molecular formula is C20H20F5N7O3. The van der Waals surface area contributed by atoms with Gasteiger partial charge < -0.3 is 19.5 Å². The molecule has 3 aromatic rings. The van der Waals surface area contributed by atoms with Crippen LogP contribution in [0.5, 0.6) is 0 Å². The second-order valence-corrected chi connectivity index (χ2v) is 7.94. The lowest BCUT2D eigenvalue weighted by Gasteiger charge is -2.38. The fraction of sp³-hybridized carbons (Fsp3) is 0.450. The molecule has 1 unspecified atom stereocenters. The van der Waals surface area contributed by atoms with Crippen molar-refractivity contribution < 1.29 is 31.2 Å². The lowest BCUT2D eigenvalue weighted by atomic mass is 9.99. The topological polar surface area (TPSA) is 122 Å². The summed E-state index contributed by atoms with van der Waals surface area (Å²) in [4.78, 5) is 21.7. The van der Waals surface area contributed by atoms with Gasteiger partial charge in [-0.25, -0.2) is 18.9 Å². The van der Waals surface area contributed by atoms with Gasteiger partial charge in [-0.05, 0) is 19.1 Å². The molecule has 15 heteroatoms. The summed E-state index contributed by atoms with van der Waals surface area (Å²) in [6, 6.07) is 2.27. The highest BCUT2D eigenvalue weighted by molar-refractivity contribution is 5.50. The van der Waals surface area contributed by atoms with Crippen LogP contribution in [0.3, 0.4) is 0 Å². The van der Waals surface area contributed by atoms with Crippen molar-refractivity contribution in [1.82, 2.24) is 25.3 Å². The Morgan fingerprint density at radius 1 is 1.29 bits per heavy atom. The normalized spacial score (nSPS) is 15.3. The predicted octanol–water partition coefficient (Wildman–Crippen LogP) is 3.13. The second-order valence-electron chi connectivity index (χ2n) is 7.94. The quantitative estimate of drug-likeness (QED) is 0.426. The zero-order valence-corrected chi connectivity index (χ0v) is 18.2. The van der Waals surface area contributed by atoms with Gasteiger partial charge in [-0.3, -0.25) is 4.79 Å². The van der Waals surface area contributed by atoms with E-state index in [2.05, 4.69) is 25.5 Å². The number of aromatic nitrogens is 5. The first-order chi connectivity index (χ1) is 16.6. The van der Waals surface area contributed by atoms with E-state index in [4.69, 9.17) is 9.26 Å². The number of alkyl halides is 5. The van der Waals surface area contributed by atoms with Gasteiger partial charge in [0.2, 0.25) is 0 Å². The maximum atomic E-state index is 13.1. The third-order valence-electron chi connectivity index (χ3n) is 5.21. The Hall–Kier alpha value is -3.62. The molecule has 0 bridgehead atoms. The molecule has 0 aliphatic carbocycles. The van der Waals surface area contributed by atoms with Gasteiger partial charge in [0, 0.05) is 30.9 Å². The van der Waals surface area contributed by atoms with Crippen LogP contribution in [0.4, 0.5) is 33.5 Å². The average Bonchev–Trinajstić information content (AvgIpc) is 3.20. The van der Waals surface area contributed by atoms with Crippen LogP contribution < -0.4 is 15.8 Å². The first-order valence-electron chi connectivity index (χ1n) is 10.4. The molecule has 35 heavy (non-hydrogen) atoms. The van der Waals surface area contributed by atoms with E-state index in [-0.39, 0.29) is 30.6 Å². The number of hydrogen-bond acceptors (Lipinski definition) is 9. The van der Waals surface area contributed by atoms with Crippen molar-refractivity contribution in [3.8, 4) is 0 Å². The van der Waals surface area contributed by atoms with Crippen molar-refractivity contribution in [2.24, 2.45) is 0 Å². The van der Waals surface area contributed by atoms with Crippen molar-refractivity contribution in [3.05, 3.63) is 57.7 Å². The molecule has 0 saturated carbocycles. The van der Waals surface area contributed by atoms with Crippen LogP contribution in [-0.4, -0.2) is 51.1 Å². The lowest BCUT2D eigenvalue weighted by molar-refractivity contribution is -0.138. The highest BCUT2D eigenvalue weighted by atomic mass is 19.4. The van der Waals surface area contributed by atoms with Gasteiger partial charge >= 0.3 is 6.18 Å². The van der Waals surface area contributed by atoms with E-state index < -0.39 is 35.5 Å². The van der Waals surface area contributed by atoms with Crippen LogP contribution in [0.1, 0.15) is 42.1 Å². The number of anilines is 2. The van der Waals surface area contributed by atoms with E-state index in [0.717, 1.165) is 12.4 Å². The van der Waals surface area contributed by atoms with Gasteiger partial charge in [0.15, 0.2) is 5.82 Å². The second kappa shape index (κ2) is 9.93. The Balaban J connectivity index is 1.24. The van der Waals surface area contributed by atoms with Gasteiger partial charge in [0.25, 0.3) is 17.9 Å². The van der Waals surface area contributed by atoms with Crippen molar-refractivity contribution >= 4 is 11.5 Å². The average molecular weight is 501 g/mol. The highest BCUT2D eigenvalue weighted by Crippen LogP contribution is 2.32. The molecule has 1 aliphatic rings. The minimum atomic E-state index is -4.85. The molecule has 4 rings (SSSR count). The molecule has 2 N–H and O–H groups in total. The van der Waals surface area contributed by atoms with Crippen LogP contribution in [-0.2, 0) is 17.5 Å². The Morgan fingerprint density at radius 2 is 2.06 bits per heavy atom. The van der Waals surface area contributed by atoms with E-state index in [1.54, 1.807) is 12.0 Å². The molecule has 4 heterocycles. The zero-order valence-electron chi connectivity index (χ0n) is 18.2. The number of rotatable bonds is 9. The summed E-state index contributed by atoms with van der Waals surface area (Å²) in [5, 5.41) is 11.6. The van der Waals surface area contributed by atoms with Crippen molar-refractivity contribution in [1.29, 1.82) is 0 Å². The molecule has 188 valence electrons. The molecule has 1 saturated heterocycles. The van der Waals surface area contributed by atoms with Crippen LogP contribution in [0.15, 0.2) is 33.8 Å². The number of nitrogens with zero attached hydrogens (tertiary/aromatic N) is 5. The number of halogens is 5. The van der Waals surface area contributed by atoms with Gasteiger partial charge in [-0.15, -0.1) is 0 Å². The van der Waals surface area contributed by atoms with Crippen LogP contribution in [0.25, 0.3) is 0 Å². The van der Waals surface area contributed by atoms with Crippen LogP contribution in [0.2, 0.25) is 0 Å².